The summed E-state index contributed by atoms with van der Waals surface area (Å²) in [6.07, 6.45) is 3.94. The fraction of sp³-hybridized carbons (Fsp3) is 0.909. The smallest absolute Gasteiger partial charge is 0.309 e. The zero-order chi connectivity index (χ0) is 10.8. The lowest BCUT2D eigenvalue weighted by molar-refractivity contribution is -0.161. The molecule has 0 spiro atoms. The first-order valence-corrected chi connectivity index (χ1v) is 5.81. The lowest BCUT2D eigenvalue weighted by atomic mass is 9.89. The summed E-state index contributed by atoms with van der Waals surface area (Å²) < 4.78 is 5.35. The highest BCUT2D eigenvalue weighted by Gasteiger charge is 2.28. The highest BCUT2D eigenvalue weighted by atomic mass is 32.1. The van der Waals surface area contributed by atoms with Crippen LogP contribution in [-0.2, 0) is 9.53 Å². The van der Waals surface area contributed by atoms with E-state index in [1.54, 1.807) is 0 Å². The van der Waals surface area contributed by atoms with E-state index in [1.165, 1.54) is 0 Å². The highest BCUT2D eigenvalue weighted by molar-refractivity contribution is 7.80. The van der Waals surface area contributed by atoms with Gasteiger partial charge < -0.3 is 4.74 Å². The monoisotopic (exact) mass is 216 g/mol. The van der Waals surface area contributed by atoms with E-state index in [4.69, 9.17) is 4.74 Å². The van der Waals surface area contributed by atoms with Crippen molar-refractivity contribution >= 4 is 18.6 Å². The molecular formula is C11H20O2S. The minimum absolute atomic E-state index is 0.0299. The predicted molar refractivity (Wildman–Crippen MR) is 60.6 cm³/mol. The Kier molecular flexibility index (Phi) is 3.87. The molecule has 82 valence electrons. The third-order valence-electron chi connectivity index (χ3n) is 2.44. The van der Waals surface area contributed by atoms with E-state index in [0.29, 0.717) is 5.25 Å². The molecule has 0 unspecified atom stereocenters. The van der Waals surface area contributed by atoms with Crippen LogP contribution >= 0.6 is 12.6 Å². The first-order valence-electron chi connectivity index (χ1n) is 5.29. The normalized spacial score (nSPS) is 28.6. The molecule has 0 amide bonds. The van der Waals surface area contributed by atoms with Crippen LogP contribution in [0.4, 0.5) is 0 Å². The maximum Gasteiger partial charge on any atom is 0.309 e. The average molecular weight is 216 g/mol. The molecule has 0 radical (unpaired) electrons. The molecule has 1 aliphatic rings. The van der Waals surface area contributed by atoms with Crippen molar-refractivity contribution in [2.24, 2.45) is 5.92 Å². The second kappa shape index (κ2) is 4.56. The van der Waals surface area contributed by atoms with E-state index in [2.05, 4.69) is 12.6 Å². The summed E-state index contributed by atoms with van der Waals surface area (Å²) in [5.74, 6) is 0.0790. The zero-order valence-electron chi connectivity index (χ0n) is 9.25. The van der Waals surface area contributed by atoms with Crippen LogP contribution in [0.15, 0.2) is 0 Å². The van der Waals surface area contributed by atoms with E-state index in [9.17, 15) is 4.79 Å². The Balaban J connectivity index is 2.38. The molecule has 0 N–H and O–H groups in total. The van der Waals surface area contributed by atoms with Crippen molar-refractivity contribution in [2.45, 2.75) is 57.3 Å². The fourth-order valence-electron chi connectivity index (χ4n) is 1.70. The number of esters is 1. The van der Waals surface area contributed by atoms with E-state index in [1.807, 2.05) is 20.8 Å². The molecule has 1 fully saturated rings. The third-order valence-corrected chi connectivity index (χ3v) is 2.95. The van der Waals surface area contributed by atoms with Gasteiger partial charge in [-0.15, -0.1) is 0 Å². The van der Waals surface area contributed by atoms with Gasteiger partial charge in [0.15, 0.2) is 0 Å². The number of carbonyl (C=O) groups excluding carboxylic acids is 1. The molecule has 2 nitrogen and oxygen atoms in total. The van der Waals surface area contributed by atoms with Crippen molar-refractivity contribution in [2.75, 3.05) is 0 Å². The van der Waals surface area contributed by atoms with Crippen LogP contribution in [0.2, 0.25) is 0 Å². The SMILES string of the molecule is CC(C)(C)OC(=O)C1CCC(S)CC1. The Labute approximate surface area is 91.8 Å². The number of carbonyl (C=O) groups is 1. The molecule has 14 heavy (non-hydrogen) atoms. The highest BCUT2D eigenvalue weighted by Crippen LogP contribution is 2.29. The molecule has 1 rings (SSSR count). The molecule has 1 saturated carbocycles. The van der Waals surface area contributed by atoms with Crippen molar-refractivity contribution in [1.29, 1.82) is 0 Å². The summed E-state index contributed by atoms with van der Waals surface area (Å²) in [6.45, 7) is 5.74. The Morgan fingerprint density at radius 2 is 1.71 bits per heavy atom. The van der Waals surface area contributed by atoms with Gasteiger partial charge in [0.1, 0.15) is 5.60 Å². The van der Waals surface area contributed by atoms with Gasteiger partial charge in [0.25, 0.3) is 0 Å². The van der Waals surface area contributed by atoms with Crippen molar-refractivity contribution in [3.8, 4) is 0 Å². The summed E-state index contributed by atoms with van der Waals surface area (Å²) in [6, 6.07) is 0. The quantitative estimate of drug-likeness (QED) is 0.539. The minimum Gasteiger partial charge on any atom is -0.460 e. The maximum atomic E-state index is 11.7. The Morgan fingerprint density at radius 3 is 2.14 bits per heavy atom. The van der Waals surface area contributed by atoms with Gasteiger partial charge in [-0.05, 0) is 46.5 Å². The molecule has 0 saturated heterocycles. The van der Waals surface area contributed by atoms with Gasteiger partial charge in [0.05, 0.1) is 5.92 Å². The third kappa shape index (κ3) is 3.91. The van der Waals surface area contributed by atoms with Gasteiger partial charge >= 0.3 is 5.97 Å². The van der Waals surface area contributed by atoms with Crippen LogP contribution in [0.5, 0.6) is 0 Å². The number of hydrogen-bond acceptors (Lipinski definition) is 3. The first-order chi connectivity index (χ1) is 6.38. The van der Waals surface area contributed by atoms with Crippen LogP contribution in [0.1, 0.15) is 46.5 Å². The van der Waals surface area contributed by atoms with Crippen LogP contribution in [0, 0.1) is 5.92 Å². The van der Waals surface area contributed by atoms with Gasteiger partial charge in [-0.1, -0.05) is 0 Å². The number of thiol groups is 1. The van der Waals surface area contributed by atoms with Crippen molar-refractivity contribution in [3.05, 3.63) is 0 Å². The van der Waals surface area contributed by atoms with E-state index in [-0.39, 0.29) is 17.5 Å². The van der Waals surface area contributed by atoms with Crippen LogP contribution in [0.25, 0.3) is 0 Å². The molecule has 0 aliphatic heterocycles. The lowest BCUT2D eigenvalue weighted by Crippen LogP contribution is -2.31. The Morgan fingerprint density at radius 1 is 1.21 bits per heavy atom. The maximum absolute atomic E-state index is 11.7. The second-order valence-electron chi connectivity index (χ2n) is 5.04. The summed E-state index contributed by atoms with van der Waals surface area (Å²) in [7, 11) is 0. The lowest BCUT2D eigenvalue weighted by Gasteiger charge is -2.27. The van der Waals surface area contributed by atoms with Gasteiger partial charge in [0.2, 0.25) is 0 Å². The minimum atomic E-state index is -0.352. The topological polar surface area (TPSA) is 26.3 Å². The molecule has 3 heteroatoms. The van der Waals surface area contributed by atoms with Crippen molar-refractivity contribution in [1.82, 2.24) is 0 Å². The molecule has 0 atom stereocenters. The standard InChI is InChI=1S/C11H20O2S/c1-11(2,3)13-10(12)8-4-6-9(14)7-5-8/h8-9,14H,4-7H2,1-3H3. The van der Waals surface area contributed by atoms with Crippen LogP contribution in [0.3, 0.4) is 0 Å². The predicted octanol–water partition coefficient (Wildman–Crippen LogP) is 2.82. The molecule has 0 heterocycles. The van der Waals surface area contributed by atoms with Gasteiger partial charge in [-0.2, -0.15) is 12.6 Å². The average Bonchev–Trinajstić information content (AvgIpc) is 2.02. The number of hydrogen-bond donors (Lipinski definition) is 1. The van der Waals surface area contributed by atoms with Crippen LogP contribution < -0.4 is 0 Å². The molecule has 0 aromatic carbocycles. The Bertz CT molecular complexity index is 200. The molecular weight excluding hydrogens is 196 g/mol. The van der Waals surface area contributed by atoms with Gasteiger partial charge in [-0.25, -0.2) is 0 Å². The van der Waals surface area contributed by atoms with Gasteiger partial charge in [-0.3, -0.25) is 4.79 Å². The van der Waals surface area contributed by atoms with Crippen LogP contribution in [-0.4, -0.2) is 16.8 Å². The van der Waals surface area contributed by atoms with Gasteiger partial charge in [0, 0.05) is 5.25 Å². The molecule has 1 aliphatic carbocycles. The van der Waals surface area contributed by atoms with Crippen molar-refractivity contribution in [3.63, 3.8) is 0 Å². The zero-order valence-corrected chi connectivity index (χ0v) is 10.1. The Hall–Kier alpha value is -0.180. The molecule has 0 aromatic heterocycles. The van der Waals surface area contributed by atoms with E-state index >= 15 is 0 Å². The van der Waals surface area contributed by atoms with E-state index < -0.39 is 0 Å². The van der Waals surface area contributed by atoms with Crippen molar-refractivity contribution < 1.29 is 9.53 Å². The number of rotatable bonds is 1. The molecule has 0 bridgehead atoms. The largest absolute Gasteiger partial charge is 0.460 e. The summed E-state index contributed by atoms with van der Waals surface area (Å²) in [5, 5.41) is 0.480. The number of ether oxygens (including phenoxy) is 1. The second-order valence-corrected chi connectivity index (χ2v) is 5.77. The fourth-order valence-corrected chi connectivity index (χ4v) is 1.99. The molecule has 0 aromatic rings. The first kappa shape index (κ1) is 11.9. The summed E-state index contributed by atoms with van der Waals surface area (Å²) in [5.41, 5.74) is -0.352. The summed E-state index contributed by atoms with van der Waals surface area (Å²) in [4.78, 5) is 11.7. The van der Waals surface area contributed by atoms with E-state index in [0.717, 1.165) is 25.7 Å². The summed E-state index contributed by atoms with van der Waals surface area (Å²) >= 11 is 4.40.